The van der Waals surface area contributed by atoms with Gasteiger partial charge in [0.25, 0.3) is 5.91 Å². The van der Waals surface area contributed by atoms with Gasteiger partial charge in [0.1, 0.15) is 5.82 Å². The molecule has 1 amide bonds. The van der Waals surface area contributed by atoms with E-state index in [1.54, 1.807) is 12.1 Å². The zero-order chi connectivity index (χ0) is 13.8. The minimum absolute atomic E-state index is 0.129. The van der Waals surface area contributed by atoms with Gasteiger partial charge in [0.15, 0.2) is 0 Å². The average Bonchev–Trinajstić information content (AvgIpc) is 2.37. The quantitative estimate of drug-likeness (QED) is 0.909. The first-order valence-corrected chi connectivity index (χ1v) is 6.82. The number of halogens is 1. The Bertz CT molecular complexity index is 461. The Morgan fingerprint density at radius 2 is 2.26 bits per heavy atom. The molecule has 1 unspecified atom stereocenters. The second-order valence-electron chi connectivity index (χ2n) is 5.32. The van der Waals surface area contributed by atoms with E-state index in [1.165, 1.54) is 18.9 Å². The molecule has 1 heterocycles. The number of amides is 1. The number of piperidine rings is 1. The summed E-state index contributed by atoms with van der Waals surface area (Å²) in [4.78, 5) is 14.2. The Morgan fingerprint density at radius 1 is 1.47 bits per heavy atom. The van der Waals surface area contributed by atoms with E-state index in [0.717, 1.165) is 18.5 Å². The summed E-state index contributed by atoms with van der Waals surface area (Å²) < 4.78 is 13.7. The van der Waals surface area contributed by atoms with Gasteiger partial charge in [-0.05, 0) is 51.1 Å². The molecular weight excluding hydrogens is 243 g/mol. The molecule has 1 saturated heterocycles. The zero-order valence-electron chi connectivity index (χ0n) is 11.6. The number of benzene rings is 1. The molecule has 19 heavy (non-hydrogen) atoms. The van der Waals surface area contributed by atoms with Crippen LogP contribution >= 0.6 is 0 Å². The molecular formula is C15H21FN2O. The molecule has 3 nitrogen and oxygen atoms in total. The molecule has 0 saturated carbocycles. The van der Waals surface area contributed by atoms with Crippen molar-refractivity contribution in [2.24, 2.45) is 0 Å². The maximum absolute atomic E-state index is 13.7. The SMILES string of the molecule is Cc1ccc(C(=O)NCC2CCCCN2C)c(F)c1. The highest BCUT2D eigenvalue weighted by Gasteiger charge is 2.20. The van der Waals surface area contributed by atoms with Crippen molar-refractivity contribution in [2.45, 2.75) is 32.2 Å². The first-order chi connectivity index (χ1) is 9.08. The van der Waals surface area contributed by atoms with Crippen molar-refractivity contribution in [3.63, 3.8) is 0 Å². The number of nitrogens with one attached hydrogen (secondary N) is 1. The lowest BCUT2D eigenvalue weighted by Crippen LogP contribution is -2.44. The molecule has 1 aliphatic rings. The van der Waals surface area contributed by atoms with E-state index in [1.807, 2.05) is 6.92 Å². The number of hydrogen-bond donors (Lipinski definition) is 1. The van der Waals surface area contributed by atoms with Crippen molar-refractivity contribution in [1.82, 2.24) is 10.2 Å². The lowest BCUT2D eigenvalue weighted by molar-refractivity contribution is 0.0924. The zero-order valence-corrected chi connectivity index (χ0v) is 11.6. The van der Waals surface area contributed by atoms with Crippen molar-refractivity contribution in [1.29, 1.82) is 0 Å². The third-order valence-electron chi connectivity index (χ3n) is 3.79. The van der Waals surface area contributed by atoms with Crippen LogP contribution in [-0.2, 0) is 0 Å². The summed E-state index contributed by atoms with van der Waals surface area (Å²) in [5, 5.41) is 2.84. The van der Waals surface area contributed by atoms with Gasteiger partial charge in [0, 0.05) is 12.6 Å². The number of aryl methyl sites for hydroxylation is 1. The lowest BCUT2D eigenvalue weighted by Gasteiger charge is -2.32. The maximum atomic E-state index is 13.7. The van der Waals surface area contributed by atoms with E-state index in [9.17, 15) is 9.18 Å². The molecule has 104 valence electrons. The summed E-state index contributed by atoms with van der Waals surface area (Å²) in [5.74, 6) is -0.772. The van der Waals surface area contributed by atoms with Crippen LogP contribution in [0.1, 0.15) is 35.2 Å². The Kier molecular flexibility index (Phi) is 4.53. The Hall–Kier alpha value is -1.42. The van der Waals surface area contributed by atoms with Gasteiger partial charge in [0.05, 0.1) is 5.56 Å². The largest absolute Gasteiger partial charge is 0.350 e. The van der Waals surface area contributed by atoms with Crippen LogP contribution in [0.3, 0.4) is 0 Å². The first-order valence-electron chi connectivity index (χ1n) is 6.82. The van der Waals surface area contributed by atoms with E-state index in [0.29, 0.717) is 12.6 Å². The van der Waals surface area contributed by atoms with Crippen LogP contribution < -0.4 is 5.32 Å². The predicted molar refractivity (Wildman–Crippen MR) is 73.7 cm³/mol. The summed E-state index contributed by atoms with van der Waals surface area (Å²) in [6.45, 7) is 3.46. The average molecular weight is 264 g/mol. The monoisotopic (exact) mass is 264 g/mol. The fourth-order valence-electron chi connectivity index (χ4n) is 2.51. The van der Waals surface area contributed by atoms with Gasteiger partial charge in [-0.15, -0.1) is 0 Å². The molecule has 0 radical (unpaired) electrons. The van der Waals surface area contributed by atoms with Crippen LogP contribution in [-0.4, -0.2) is 37.0 Å². The molecule has 1 N–H and O–H groups in total. The second-order valence-corrected chi connectivity index (χ2v) is 5.32. The summed E-state index contributed by atoms with van der Waals surface area (Å²) >= 11 is 0. The second kappa shape index (κ2) is 6.15. The highest BCUT2D eigenvalue weighted by molar-refractivity contribution is 5.94. The van der Waals surface area contributed by atoms with Gasteiger partial charge in [-0.3, -0.25) is 4.79 Å². The van der Waals surface area contributed by atoms with Crippen LogP contribution in [0.2, 0.25) is 0 Å². The van der Waals surface area contributed by atoms with Crippen LogP contribution in [0.25, 0.3) is 0 Å². The first kappa shape index (κ1) is 14.0. The van der Waals surface area contributed by atoms with Crippen LogP contribution in [0.15, 0.2) is 18.2 Å². The van der Waals surface area contributed by atoms with Crippen LogP contribution in [0, 0.1) is 12.7 Å². The van der Waals surface area contributed by atoms with E-state index >= 15 is 0 Å². The minimum Gasteiger partial charge on any atom is -0.350 e. The Morgan fingerprint density at radius 3 is 2.95 bits per heavy atom. The van der Waals surface area contributed by atoms with Crippen LogP contribution in [0.4, 0.5) is 4.39 Å². The number of hydrogen-bond acceptors (Lipinski definition) is 2. The van der Waals surface area contributed by atoms with Crippen molar-refractivity contribution >= 4 is 5.91 Å². The van der Waals surface area contributed by atoms with Crippen molar-refractivity contribution in [2.75, 3.05) is 20.1 Å². The van der Waals surface area contributed by atoms with Gasteiger partial charge in [-0.25, -0.2) is 4.39 Å². The van der Waals surface area contributed by atoms with Crippen molar-refractivity contribution in [3.05, 3.63) is 35.1 Å². The standard InChI is InChI=1S/C15H21FN2O/c1-11-6-7-13(14(16)9-11)15(19)17-10-12-5-3-4-8-18(12)2/h6-7,9,12H,3-5,8,10H2,1-2H3,(H,17,19). The summed E-state index contributed by atoms with van der Waals surface area (Å²) in [6, 6.07) is 5.06. The number of carbonyl (C=O) groups excluding carboxylic acids is 1. The van der Waals surface area contributed by atoms with Gasteiger partial charge >= 0.3 is 0 Å². The molecule has 4 heteroatoms. The van der Waals surface area contributed by atoms with E-state index in [4.69, 9.17) is 0 Å². The molecule has 0 bridgehead atoms. The third-order valence-corrected chi connectivity index (χ3v) is 3.79. The molecule has 1 aromatic carbocycles. The molecule has 1 aromatic rings. The van der Waals surface area contributed by atoms with E-state index in [2.05, 4.69) is 17.3 Å². The highest BCUT2D eigenvalue weighted by atomic mass is 19.1. The third kappa shape index (κ3) is 3.53. The molecule has 1 atom stereocenters. The molecule has 1 fully saturated rings. The topological polar surface area (TPSA) is 32.3 Å². The number of nitrogens with zero attached hydrogens (tertiary/aromatic N) is 1. The Labute approximate surface area is 113 Å². The van der Waals surface area contributed by atoms with Gasteiger partial charge in [0.2, 0.25) is 0 Å². The number of likely N-dealkylation sites (N-methyl/N-ethyl adjacent to an activating group) is 1. The molecule has 0 spiro atoms. The van der Waals surface area contributed by atoms with Crippen LogP contribution in [0.5, 0.6) is 0 Å². The molecule has 2 rings (SSSR count). The maximum Gasteiger partial charge on any atom is 0.254 e. The molecule has 1 aliphatic heterocycles. The van der Waals surface area contributed by atoms with Crippen molar-refractivity contribution in [3.8, 4) is 0 Å². The summed E-state index contributed by atoms with van der Waals surface area (Å²) in [6.07, 6.45) is 3.50. The molecule has 0 aromatic heterocycles. The van der Waals surface area contributed by atoms with Gasteiger partial charge in [-0.2, -0.15) is 0 Å². The molecule has 0 aliphatic carbocycles. The predicted octanol–water partition coefficient (Wildman–Crippen LogP) is 2.35. The Balaban J connectivity index is 1.93. The normalized spacial score (nSPS) is 20.3. The van der Waals surface area contributed by atoms with Crippen molar-refractivity contribution < 1.29 is 9.18 Å². The fraction of sp³-hybridized carbons (Fsp3) is 0.533. The smallest absolute Gasteiger partial charge is 0.254 e. The fourth-order valence-corrected chi connectivity index (χ4v) is 2.51. The summed E-state index contributed by atoms with van der Waals surface area (Å²) in [7, 11) is 2.07. The number of rotatable bonds is 3. The lowest BCUT2D eigenvalue weighted by atomic mass is 10.0. The summed E-state index contributed by atoms with van der Waals surface area (Å²) in [5.41, 5.74) is 0.949. The van der Waals surface area contributed by atoms with Gasteiger partial charge < -0.3 is 10.2 Å². The minimum atomic E-state index is -0.450. The van der Waals surface area contributed by atoms with Gasteiger partial charge in [-0.1, -0.05) is 12.5 Å². The number of carbonyl (C=O) groups is 1. The van der Waals surface area contributed by atoms with E-state index < -0.39 is 5.82 Å². The number of likely N-dealkylation sites (tertiary alicyclic amines) is 1. The van der Waals surface area contributed by atoms with E-state index in [-0.39, 0.29) is 11.5 Å². The highest BCUT2D eigenvalue weighted by Crippen LogP contribution is 2.14.